The molecule has 6 heteroatoms. The monoisotopic (exact) mass is 1390 g/mol. The molecule has 0 unspecified atom stereocenters. The van der Waals surface area contributed by atoms with Crippen LogP contribution in [0.4, 0.5) is 0 Å². The number of nitrogens with zero attached hydrogens (tertiary/aromatic N) is 6. The van der Waals surface area contributed by atoms with Gasteiger partial charge in [-0.2, -0.15) is 10.5 Å². The Labute approximate surface area is 630 Å². The third-order valence-electron chi connectivity index (χ3n) is 23.4. The van der Waals surface area contributed by atoms with Crippen molar-refractivity contribution in [1.82, 2.24) is 19.1 Å². The lowest BCUT2D eigenvalue weighted by atomic mass is 9.87. The Balaban J connectivity index is 0.000000132. The van der Waals surface area contributed by atoms with Crippen LogP contribution in [0.5, 0.6) is 0 Å². The summed E-state index contributed by atoms with van der Waals surface area (Å²) in [5.41, 5.74) is 21.9. The second-order valence-corrected chi connectivity index (χ2v) is 29.4. The molecule has 20 aromatic carbocycles. The Bertz CT molecular complexity index is 7880. The molecule has 0 spiro atoms. The number of hydrogen-bond donors (Lipinski definition) is 0. The number of para-hydroxylation sites is 2. The number of benzene rings is 20. The average molecular weight is 1390 g/mol. The van der Waals surface area contributed by atoms with Crippen molar-refractivity contribution in [1.29, 1.82) is 10.5 Å². The van der Waals surface area contributed by atoms with E-state index in [-0.39, 0.29) is 0 Å². The van der Waals surface area contributed by atoms with Crippen LogP contribution in [0.2, 0.25) is 0 Å². The summed E-state index contributed by atoms with van der Waals surface area (Å²) in [7, 11) is 0. The molecule has 0 N–H and O–H groups in total. The number of nitriles is 2. The first-order chi connectivity index (χ1) is 54.4. The van der Waals surface area contributed by atoms with Gasteiger partial charge < -0.3 is 9.13 Å². The van der Waals surface area contributed by atoms with Crippen molar-refractivity contribution in [2.45, 2.75) is 0 Å². The van der Waals surface area contributed by atoms with Crippen molar-refractivity contribution in [3.8, 4) is 90.4 Å². The number of fused-ring (bicyclic) bond motifs is 2. The molecule has 0 atom stereocenters. The van der Waals surface area contributed by atoms with Crippen LogP contribution in [0.15, 0.2) is 352 Å². The summed E-state index contributed by atoms with van der Waals surface area (Å²) in [6, 6.07) is 126. The van der Waals surface area contributed by atoms with Crippen LogP contribution < -0.4 is 0 Å². The van der Waals surface area contributed by atoms with Gasteiger partial charge in [0.25, 0.3) is 0 Å². The van der Waals surface area contributed by atoms with Crippen molar-refractivity contribution in [3.63, 3.8) is 0 Å². The molecule has 4 aromatic heterocycles. The van der Waals surface area contributed by atoms with E-state index in [1.54, 1.807) is 0 Å². The van der Waals surface area contributed by atoms with Crippen LogP contribution in [-0.4, -0.2) is 19.1 Å². The van der Waals surface area contributed by atoms with Crippen molar-refractivity contribution < 1.29 is 0 Å². The zero-order valence-corrected chi connectivity index (χ0v) is 59.2. The van der Waals surface area contributed by atoms with Crippen LogP contribution in [0.25, 0.3) is 230 Å². The smallest absolute Gasteiger partial charge is 0.0998 e. The van der Waals surface area contributed by atoms with E-state index in [4.69, 9.17) is 4.98 Å². The topological polar surface area (TPSA) is 83.2 Å². The molecule has 6 nitrogen and oxygen atoms in total. The maximum atomic E-state index is 10.00. The van der Waals surface area contributed by atoms with E-state index in [0.717, 1.165) is 88.3 Å². The summed E-state index contributed by atoms with van der Waals surface area (Å²) in [6.07, 6.45) is 5.76. The molecule has 0 fully saturated rings. The summed E-state index contributed by atoms with van der Waals surface area (Å²) in [6.45, 7) is 0. The summed E-state index contributed by atoms with van der Waals surface area (Å²) < 4.78 is 4.68. The fourth-order valence-electron chi connectivity index (χ4n) is 18.6. The molecular formula is C104H58N6. The van der Waals surface area contributed by atoms with Crippen molar-refractivity contribution >= 4 is 151 Å². The van der Waals surface area contributed by atoms with Crippen molar-refractivity contribution in [2.75, 3.05) is 0 Å². The van der Waals surface area contributed by atoms with Gasteiger partial charge in [-0.05, 0) is 275 Å². The summed E-state index contributed by atoms with van der Waals surface area (Å²) in [5, 5.41) is 49.0. The van der Waals surface area contributed by atoms with E-state index < -0.39 is 0 Å². The van der Waals surface area contributed by atoms with Gasteiger partial charge >= 0.3 is 0 Å². The normalized spacial score (nSPS) is 12.0. The fourth-order valence-corrected chi connectivity index (χ4v) is 18.6. The number of aromatic nitrogens is 4. The first-order valence-electron chi connectivity index (χ1n) is 37.3. The van der Waals surface area contributed by atoms with Gasteiger partial charge in [0.2, 0.25) is 0 Å². The first-order valence-corrected chi connectivity index (χ1v) is 37.3. The first kappa shape index (κ1) is 61.2. The van der Waals surface area contributed by atoms with E-state index in [0.29, 0.717) is 11.1 Å². The minimum Gasteiger partial charge on any atom is -0.309 e. The maximum Gasteiger partial charge on any atom is 0.0998 e. The highest BCUT2D eigenvalue weighted by atomic mass is 15.0. The third kappa shape index (κ3) is 9.21. The van der Waals surface area contributed by atoms with Crippen LogP contribution >= 0.6 is 0 Å². The highest BCUT2D eigenvalue weighted by Gasteiger charge is 2.24. The number of pyridine rings is 2. The molecule has 24 aromatic rings. The molecule has 24 rings (SSSR count). The minimum atomic E-state index is 0.698. The number of hydrogen-bond acceptors (Lipinski definition) is 4. The molecule has 0 aliphatic heterocycles. The average Bonchev–Trinajstić information content (AvgIpc) is 1.46. The number of rotatable bonds is 8. The molecular weight excluding hydrogens is 1330 g/mol. The Morgan fingerprint density at radius 2 is 0.618 bits per heavy atom. The van der Waals surface area contributed by atoms with Crippen LogP contribution in [0.1, 0.15) is 11.1 Å². The fraction of sp³-hybridized carbons (Fsp3) is 0. The Morgan fingerprint density at radius 3 is 1.08 bits per heavy atom. The summed E-state index contributed by atoms with van der Waals surface area (Å²) >= 11 is 0. The molecule has 0 saturated heterocycles. The van der Waals surface area contributed by atoms with Gasteiger partial charge in [0.15, 0.2) is 0 Å². The highest BCUT2D eigenvalue weighted by Crippen LogP contribution is 2.49. The quantitative estimate of drug-likeness (QED) is 0.142. The van der Waals surface area contributed by atoms with Crippen LogP contribution in [0.3, 0.4) is 0 Å². The third-order valence-corrected chi connectivity index (χ3v) is 23.4. The molecule has 4 heterocycles. The molecule has 0 aliphatic carbocycles. The second-order valence-electron chi connectivity index (χ2n) is 29.4. The van der Waals surface area contributed by atoms with E-state index in [1.165, 1.54) is 141 Å². The summed E-state index contributed by atoms with van der Waals surface area (Å²) in [5.74, 6) is 0. The predicted octanol–water partition coefficient (Wildman–Crippen LogP) is 27.4. The van der Waals surface area contributed by atoms with Gasteiger partial charge in [-0.25, -0.2) is 0 Å². The second kappa shape index (κ2) is 23.7. The van der Waals surface area contributed by atoms with Gasteiger partial charge in [0, 0.05) is 79.0 Å². The molecule has 0 bridgehead atoms. The zero-order valence-electron chi connectivity index (χ0n) is 59.2. The molecule has 0 radical (unpaired) electrons. The largest absolute Gasteiger partial charge is 0.309 e. The lowest BCUT2D eigenvalue weighted by Gasteiger charge is -2.16. The molecule has 504 valence electrons. The van der Waals surface area contributed by atoms with Gasteiger partial charge in [-0.1, -0.05) is 200 Å². The van der Waals surface area contributed by atoms with Crippen molar-refractivity contribution in [3.05, 3.63) is 363 Å². The Kier molecular flexibility index (Phi) is 13.2. The van der Waals surface area contributed by atoms with Crippen molar-refractivity contribution in [2.24, 2.45) is 0 Å². The van der Waals surface area contributed by atoms with E-state index in [9.17, 15) is 10.5 Å². The van der Waals surface area contributed by atoms with E-state index in [2.05, 4.69) is 336 Å². The van der Waals surface area contributed by atoms with Gasteiger partial charge in [-0.15, -0.1) is 0 Å². The molecule has 0 aliphatic rings. The molecule has 110 heavy (non-hydrogen) atoms. The lowest BCUT2D eigenvalue weighted by molar-refractivity contribution is 1.18. The Hall–Kier alpha value is -15.1. The summed E-state index contributed by atoms with van der Waals surface area (Å²) in [4.78, 5) is 9.42. The van der Waals surface area contributed by atoms with Gasteiger partial charge in [0.05, 0.1) is 51.0 Å². The maximum absolute atomic E-state index is 10.00. The Morgan fingerprint density at radius 1 is 0.227 bits per heavy atom. The van der Waals surface area contributed by atoms with Crippen LogP contribution in [-0.2, 0) is 0 Å². The SMILES string of the molecule is N#Cc1ccc2c3c1ccc1cc(-c4ccc(-c5cc6ccc7cc(-c8cccc9ccccc89)cc8ccc(c5)c6c78)nc4)cc(c13)n2-c1ccccc1.N#Cc1ccc2c3c1ccc1cc(-c4ccc(-c5cc6ccc7cc(-c8cccnc8)cc8ccc(c5)c6c78)c5ccccc45)cc(c13)n2-c1ccccc1. The van der Waals surface area contributed by atoms with Gasteiger partial charge in [0.1, 0.15) is 0 Å². The highest BCUT2D eigenvalue weighted by molar-refractivity contribution is 6.30. The standard InChI is InChI=1S/2C52H29N3/c53-29-36-17-21-47-52-44(36)18-16-35-27-40(28-48(51(35)52)55(47)41-8-2-1-3-9-41)43-20-19-42(45-10-4-5-11-46(43)45)39-25-33-14-12-31-23-38(37-7-6-22-54-30-37)24-32-13-15-34(26-39)50(33)49(31)32;53-29-37-19-22-47-52-45(37)20-17-36-23-39(28-48(51(36)52)55(47)42-9-2-1-3-10-42)38-18-21-46(54-30-38)41-26-34-15-13-32-24-40(25-33-14-16-35(27-41)50(34)49(32)33)44-12-6-8-31-7-4-5-11-43(31)44/h2*1-28,30H. The van der Waals surface area contributed by atoms with E-state index in [1.807, 2.05) is 42.9 Å². The van der Waals surface area contributed by atoms with Gasteiger partial charge in [-0.3, -0.25) is 9.97 Å². The zero-order chi connectivity index (χ0) is 72.4. The molecule has 0 amide bonds. The predicted molar refractivity (Wildman–Crippen MR) is 459 cm³/mol. The van der Waals surface area contributed by atoms with E-state index >= 15 is 0 Å². The lowest BCUT2D eigenvalue weighted by Crippen LogP contribution is -1.94. The minimum absolute atomic E-state index is 0.698. The molecule has 0 saturated carbocycles. The van der Waals surface area contributed by atoms with Crippen LogP contribution in [0, 0.1) is 22.7 Å².